The molecule has 0 aromatic rings. The van der Waals surface area contributed by atoms with Gasteiger partial charge in [0.25, 0.3) is 0 Å². The summed E-state index contributed by atoms with van der Waals surface area (Å²) in [5.74, 6) is 0. The predicted octanol–water partition coefficient (Wildman–Crippen LogP) is 4.44. The van der Waals surface area contributed by atoms with Gasteiger partial charge in [-0.25, -0.2) is 0 Å². The van der Waals surface area contributed by atoms with Crippen molar-refractivity contribution in [2.24, 2.45) is 0 Å². The van der Waals surface area contributed by atoms with Crippen LogP contribution in [0.1, 0.15) is 20.8 Å². The minimum absolute atomic E-state index is 1.13. The molecule has 0 heteroatoms. The summed E-state index contributed by atoms with van der Waals surface area (Å²) >= 11 is 0. The van der Waals surface area contributed by atoms with Gasteiger partial charge < -0.3 is 0 Å². The summed E-state index contributed by atoms with van der Waals surface area (Å²) in [4.78, 5) is 0. The Morgan fingerprint density at radius 2 is 1.62 bits per heavy atom. The molecule has 0 radical (unpaired) electrons. The van der Waals surface area contributed by atoms with Crippen LogP contribution in [0.5, 0.6) is 0 Å². The molecule has 0 aromatic carbocycles. The van der Waals surface area contributed by atoms with Crippen LogP contribution >= 0.6 is 0 Å². The van der Waals surface area contributed by atoms with E-state index in [9.17, 15) is 0 Å². The number of rotatable bonds is 4. The average molecular weight is 176 g/mol. The second kappa shape index (κ2) is 13.3. The third-order valence-corrected chi connectivity index (χ3v) is 1.09. The van der Waals surface area contributed by atoms with E-state index in [1.54, 1.807) is 12.2 Å². The lowest BCUT2D eigenvalue weighted by molar-refractivity contribution is 1.50. The van der Waals surface area contributed by atoms with Crippen molar-refractivity contribution in [1.29, 1.82) is 0 Å². The highest BCUT2D eigenvalue weighted by molar-refractivity contribution is 5.34. The summed E-state index contributed by atoms with van der Waals surface area (Å²) in [6.45, 7) is 13.2. The fourth-order valence-electron chi connectivity index (χ4n) is 0.674. The monoisotopic (exact) mass is 176 g/mol. The molecule has 0 aliphatic rings. The Labute approximate surface area is 82.7 Å². The first-order chi connectivity index (χ1) is 6.35. The van der Waals surface area contributed by atoms with E-state index in [1.807, 2.05) is 51.2 Å². The van der Waals surface area contributed by atoms with Crippen molar-refractivity contribution in [3.63, 3.8) is 0 Å². The molecule has 0 unspecified atom stereocenters. The van der Waals surface area contributed by atoms with Crippen LogP contribution in [-0.4, -0.2) is 0 Å². The molecule has 0 fully saturated rings. The van der Waals surface area contributed by atoms with Crippen molar-refractivity contribution < 1.29 is 0 Å². The highest BCUT2D eigenvalue weighted by Crippen LogP contribution is 1.99. The first kappa shape index (κ1) is 14.2. The maximum atomic E-state index is 3.62. The van der Waals surface area contributed by atoms with Crippen LogP contribution in [0.15, 0.2) is 61.3 Å². The highest BCUT2D eigenvalue weighted by Gasteiger charge is 1.78. The van der Waals surface area contributed by atoms with Gasteiger partial charge in [0.1, 0.15) is 0 Å². The van der Waals surface area contributed by atoms with E-state index < -0.39 is 0 Å². The SMILES string of the molecule is C=C\C=C/C(=C\C=C)/C=C/C.CC. The number of hydrogen-bond acceptors (Lipinski definition) is 0. The largest absolute Gasteiger partial charge is 0.0991 e. The van der Waals surface area contributed by atoms with E-state index in [-0.39, 0.29) is 0 Å². The van der Waals surface area contributed by atoms with Gasteiger partial charge in [-0.3, -0.25) is 0 Å². The normalized spacial score (nSPS) is 11.2. The van der Waals surface area contributed by atoms with Gasteiger partial charge in [-0.1, -0.05) is 69.5 Å². The lowest BCUT2D eigenvalue weighted by Gasteiger charge is -1.88. The summed E-state index contributed by atoms with van der Waals surface area (Å²) in [5, 5.41) is 0. The Morgan fingerprint density at radius 3 is 2.00 bits per heavy atom. The third kappa shape index (κ3) is 10.7. The van der Waals surface area contributed by atoms with Crippen molar-refractivity contribution in [2.75, 3.05) is 0 Å². The van der Waals surface area contributed by atoms with Crippen LogP contribution in [0.3, 0.4) is 0 Å². The Bertz CT molecular complexity index is 202. The summed E-state index contributed by atoms with van der Waals surface area (Å²) in [7, 11) is 0. The molecule has 0 spiro atoms. The van der Waals surface area contributed by atoms with Gasteiger partial charge in [0.2, 0.25) is 0 Å². The van der Waals surface area contributed by atoms with Crippen molar-refractivity contribution >= 4 is 0 Å². The van der Waals surface area contributed by atoms with E-state index in [2.05, 4.69) is 13.2 Å². The second-order valence-corrected chi connectivity index (χ2v) is 2.00. The Morgan fingerprint density at radius 1 is 1.00 bits per heavy atom. The molecule has 0 rings (SSSR count). The van der Waals surface area contributed by atoms with Gasteiger partial charge in [0.15, 0.2) is 0 Å². The molecule has 0 nitrogen and oxygen atoms in total. The molecular weight excluding hydrogens is 156 g/mol. The van der Waals surface area contributed by atoms with E-state index >= 15 is 0 Å². The minimum atomic E-state index is 1.13. The smallest absolute Gasteiger partial charge is 0.0260 e. The third-order valence-electron chi connectivity index (χ3n) is 1.09. The summed E-state index contributed by atoms with van der Waals surface area (Å²) in [6.07, 6.45) is 13.3. The Kier molecular flexibility index (Phi) is 14.6. The highest BCUT2D eigenvalue weighted by atomic mass is 13.8. The summed E-state index contributed by atoms with van der Waals surface area (Å²) in [5.41, 5.74) is 1.13. The van der Waals surface area contributed by atoms with Crippen molar-refractivity contribution in [1.82, 2.24) is 0 Å². The Hall–Kier alpha value is -1.30. The van der Waals surface area contributed by atoms with Crippen LogP contribution in [0.2, 0.25) is 0 Å². The maximum absolute atomic E-state index is 3.62. The molecule has 0 N–H and O–H groups in total. The minimum Gasteiger partial charge on any atom is -0.0991 e. The fraction of sp³-hybridized carbons (Fsp3) is 0.231. The average Bonchev–Trinajstić information content (AvgIpc) is 2.18. The van der Waals surface area contributed by atoms with Crippen LogP contribution < -0.4 is 0 Å². The van der Waals surface area contributed by atoms with E-state index in [1.165, 1.54) is 0 Å². The number of allylic oxidation sites excluding steroid dienone is 8. The van der Waals surface area contributed by atoms with Crippen molar-refractivity contribution in [2.45, 2.75) is 20.8 Å². The maximum Gasteiger partial charge on any atom is -0.0260 e. The molecule has 13 heavy (non-hydrogen) atoms. The molecule has 0 bridgehead atoms. The van der Waals surface area contributed by atoms with E-state index in [0.717, 1.165) is 5.57 Å². The lowest BCUT2D eigenvalue weighted by Crippen LogP contribution is -1.67. The first-order valence-electron chi connectivity index (χ1n) is 4.59. The molecule has 0 saturated carbocycles. The topological polar surface area (TPSA) is 0 Å². The summed E-state index contributed by atoms with van der Waals surface area (Å²) < 4.78 is 0. The predicted molar refractivity (Wildman–Crippen MR) is 63.8 cm³/mol. The quantitative estimate of drug-likeness (QED) is 0.555. The van der Waals surface area contributed by atoms with Crippen molar-refractivity contribution in [3.05, 3.63) is 61.3 Å². The zero-order valence-electron chi connectivity index (χ0n) is 8.96. The van der Waals surface area contributed by atoms with Crippen LogP contribution in [0.4, 0.5) is 0 Å². The molecular formula is C13H20. The molecule has 0 amide bonds. The van der Waals surface area contributed by atoms with Crippen LogP contribution in [0, 0.1) is 0 Å². The summed E-state index contributed by atoms with van der Waals surface area (Å²) in [6, 6.07) is 0. The molecule has 0 aliphatic carbocycles. The van der Waals surface area contributed by atoms with Gasteiger partial charge >= 0.3 is 0 Å². The van der Waals surface area contributed by atoms with Gasteiger partial charge in [-0.15, -0.1) is 0 Å². The van der Waals surface area contributed by atoms with Gasteiger partial charge in [0.05, 0.1) is 0 Å². The second-order valence-electron chi connectivity index (χ2n) is 2.00. The van der Waals surface area contributed by atoms with Crippen LogP contribution in [0.25, 0.3) is 0 Å². The van der Waals surface area contributed by atoms with Gasteiger partial charge in [0, 0.05) is 0 Å². The molecule has 72 valence electrons. The van der Waals surface area contributed by atoms with E-state index in [4.69, 9.17) is 0 Å². The van der Waals surface area contributed by atoms with Crippen LogP contribution in [-0.2, 0) is 0 Å². The standard InChI is InChI=1S/C11H14.C2H6/c1-4-7-10-11(8-5-2)9-6-3;1-2/h4-10H,1-2H2,3H3;1-2H3/b9-6+,10-7-,11-8-;. The molecule has 0 aromatic heterocycles. The molecule has 0 saturated heterocycles. The molecule has 0 aliphatic heterocycles. The fourth-order valence-corrected chi connectivity index (χ4v) is 0.674. The number of hydrogen-bond donors (Lipinski definition) is 0. The Balaban J connectivity index is 0. The molecule has 0 atom stereocenters. The zero-order valence-corrected chi connectivity index (χ0v) is 8.96. The van der Waals surface area contributed by atoms with Gasteiger partial charge in [-0.2, -0.15) is 0 Å². The van der Waals surface area contributed by atoms with Gasteiger partial charge in [-0.05, 0) is 12.5 Å². The zero-order chi connectivity index (χ0) is 10.5. The molecule has 0 heterocycles. The first-order valence-corrected chi connectivity index (χ1v) is 4.59. The van der Waals surface area contributed by atoms with E-state index in [0.29, 0.717) is 0 Å². The lowest BCUT2D eigenvalue weighted by atomic mass is 10.2. The van der Waals surface area contributed by atoms with Crippen molar-refractivity contribution in [3.8, 4) is 0 Å².